The van der Waals surface area contributed by atoms with Crippen LogP contribution in [-0.2, 0) is 10.2 Å². The maximum absolute atomic E-state index is 13.0. The van der Waals surface area contributed by atoms with Crippen molar-refractivity contribution in [1.29, 1.82) is 0 Å². The van der Waals surface area contributed by atoms with Crippen molar-refractivity contribution in [1.82, 2.24) is 14.7 Å². The van der Waals surface area contributed by atoms with E-state index >= 15 is 0 Å². The molecule has 0 spiro atoms. The highest BCUT2D eigenvalue weighted by Gasteiger charge is 2.29. The summed E-state index contributed by atoms with van der Waals surface area (Å²) in [5.74, 6) is -1.31. The molecule has 1 aromatic carbocycles. The molecule has 6 nitrogen and oxygen atoms in total. The Labute approximate surface area is 148 Å². The van der Waals surface area contributed by atoms with E-state index < -0.39 is 5.97 Å². The summed E-state index contributed by atoms with van der Waals surface area (Å²) in [6.07, 6.45) is 2.39. The van der Waals surface area contributed by atoms with Crippen LogP contribution in [0.5, 0.6) is 0 Å². The molecule has 1 N–H and O–H groups in total. The summed E-state index contributed by atoms with van der Waals surface area (Å²) in [4.78, 5) is 25.5. The molecular weight excluding hydrogens is 318 g/mol. The van der Waals surface area contributed by atoms with E-state index in [0.29, 0.717) is 24.2 Å². The van der Waals surface area contributed by atoms with Crippen molar-refractivity contribution in [3.8, 4) is 5.69 Å². The lowest BCUT2D eigenvalue weighted by Gasteiger charge is -2.22. The third-order valence-electron chi connectivity index (χ3n) is 3.78. The van der Waals surface area contributed by atoms with Gasteiger partial charge in [0, 0.05) is 18.2 Å². The van der Waals surface area contributed by atoms with Gasteiger partial charge in [0.2, 0.25) is 0 Å². The van der Waals surface area contributed by atoms with Gasteiger partial charge in [-0.15, -0.1) is 0 Å². The number of carbonyl (C=O) groups excluding carboxylic acids is 1. The Balaban J connectivity index is 2.49. The number of rotatable bonds is 6. The monoisotopic (exact) mass is 343 g/mol. The maximum atomic E-state index is 13.0. The number of nitrogens with zero attached hydrogens (tertiary/aromatic N) is 3. The molecule has 2 aromatic rings. The van der Waals surface area contributed by atoms with Crippen molar-refractivity contribution < 1.29 is 14.7 Å². The molecule has 0 aliphatic heterocycles. The average Bonchev–Trinajstić information content (AvgIpc) is 3.00. The van der Waals surface area contributed by atoms with Crippen LogP contribution in [0.4, 0.5) is 0 Å². The molecule has 0 saturated carbocycles. The zero-order valence-corrected chi connectivity index (χ0v) is 15.2. The normalized spacial score (nSPS) is 11.4. The van der Waals surface area contributed by atoms with E-state index in [0.717, 1.165) is 5.69 Å². The first kappa shape index (κ1) is 18.7. The summed E-state index contributed by atoms with van der Waals surface area (Å²) < 4.78 is 1.68. The molecule has 0 saturated heterocycles. The van der Waals surface area contributed by atoms with Crippen LogP contribution >= 0.6 is 0 Å². The minimum atomic E-state index is -1.02. The van der Waals surface area contributed by atoms with Crippen molar-refractivity contribution >= 4 is 11.9 Å². The Hall–Kier alpha value is -2.63. The van der Waals surface area contributed by atoms with Crippen LogP contribution in [0.3, 0.4) is 0 Å². The van der Waals surface area contributed by atoms with Crippen LogP contribution < -0.4 is 0 Å². The molecule has 0 unspecified atom stereocenters. The van der Waals surface area contributed by atoms with Crippen LogP contribution in [0.2, 0.25) is 0 Å². The molecule has 0 bridgehead atoms. The first-order valence-corrected chi connectivity index (χ1v) is 8.40. The zero-order chi connectivity index (χ0) is 18.6. The molecule has 1 amide bonds. The van der Waals surface area contributed by atoms with Gasteiger partial charge in [0.05, 0.1) is 16.9 Å². The molecule has 134 valence electrons. The van der Waals surface area contributed by atoms with Crippen LogP contribution in [0.15, 0.2) is 36.5 Å². The van der Waals surface area contributed by atoms with Gasteiger partial charge in [-0.25, -0.2) is 4.68 Å². The molecule has 0 aliphatic rings. The summed E-state index contributed by atoms with van der Waals surface area (Å²) in [7, 11) is 0. The van der Waals surface area contributed by atoms with Crippen LogP contribution in [0.1, 0.15) is 50.2 Å². The highest BCUT2D eigenvalue weighted by Crippen LogP contribution is 2.26. The highest BCUT2D eigenvalue weighted by molar-refractivity contribution is 5.97. The molecule has 0 atom stereocenters. The Morgan fingerprint density at radius 3 is 2.36 bits per heavy atom. The molecule has 6 heteroatoms. The second-order valence-electron chi connectivity index (χ2n) is 7.04. The number of carboxylic acids is 1. The summed E-state index contributed by atoms with van der Waals surface area (Å²) >= 11 is 0. The molecule has 1 aromatic heterocycles. The van der Waals surface area contributed by atoms with Gasteiger partial charge < -0.3 is 10.0 Å². The average molecular weight is 343 g/mol. The van der Waals surface area contributed by atoms with E-state index in [4.69, 9.17) is 5.11 Å². The Bertz CT molecular complexity index is 745. The van der Waals surface area contributed by atoms with E-state index in [1.165, 1.54) is 4.90 Å². The summed E-state index contributed by atoms with van der Waals surface area (Å²) in [5, 5.41) is 13.7. The lowest BCUT2D eigenvalue weighted by Crippen LogP contribution is -2.37. The number of para-hydroxylation sites is 1. The van der Waals surface area contributed by atoms with E-state index in [-0.39, 0.29) is 17.9 Å². The Morgan fingerprint density at radius 1 is 1.20 bits per heavy atom. The molecule has 1 heterocycles. The van der Waals surface area contributed by atoms with E-state index in [2.05, 4.69) is 5.10 Å². The van der Waals surface area contributed by atoms with Crippen molar-refractivity contribution in [3.63, 3.8) is 0 Å². The van der Waals surface area contributed by atoms with Gasteiger partial charge in [0.15, 0.2) is 0 Å². The topological polar surface area (TPSA) is 75.4 Å². The first-order chi connectivity index (χ1) is 11.7. The lowest BCUT2D eigenvalue weighted by molar-refractivity contribution is -0.137. The first-order valence-electron chi connectivity index (χ1n) is 8.40. The number of hydrogen-bond acceptors (Lipinski definition) is 3. The molecular formula is C19H25N3O3. The van der Waals surface area contributed by atoms with Gasteiger partial charge in [-0.1, -0.05) is 45.9 Å². The van der Waals surface area contributed by atoms with E-state index in [9.17, 15) is 9.59 Å². The maximum Gasteiger partial charge on any atom is 0.323 e. The van der Waals surface area contributed by atoms with Crippen molar-refractivity contribution in [2.24, 2.45) is 0 Å². The minimum Gasteiger partial charge on any atom is -0.480 e. The van der Waals surface area contributed by atoms with Crippen molar-refractivity contribution in [3.05, 3.63) is 47.8 Å². The predicted octanol–water partition coefficient (Wildman–Crippen LogP) is 3.11. The van der Waals surface area contributed by atoms with Crippen LogP contribution in [0.25, 0.3) is 5.69 Å². The molecule has 25 heavy (non-hydrogen) atoms. The summed E-state index contributed by atoms with van der Waals surface area (Å²) in [6.45, 7) is 7.96. The fraction of sp³-hybridized carbons (Fsp3) is 0.421. The number of benzene rings is 1. The van der Waals surface area contributed by atoms with E-state index in [1.807, 2.05) is 58.0 Å². The quantitative estimate of drug-likeness (QED) is 0.874. The van der Waals surface area contributed by atoms with Gasteiger partial charge in [0.25, 0.3) is 5.91 Å². The lowest BCUT2D eigenvalue weighted by atomic mass is 9.89. The van der Waals surface area contributed by atoms with Crippen LogP contribution in [-0.4, -0.2) is 44.8 Å². The Kier molecular flexibility index (Phi) is 5.62. The molecule has 0 aliphatic carbocycles. The largest absolute Gasteiger partial charge is 0.480 e. The molecule has 0 fully saturated rings. The van der Waals surface area contributed by atoms with Gasteiger partial charge in [0.1, 0.15) is 6.54 Å². The summed E-state index contributed by atoms with van der Waals surface area (Å²) in [5.41, 5.74) is 1.62. The SMILES string of the molecule is CCCN(CC(=O)O)C(=O)c1cn(-c2ccccc2)nc1C(C)(C)C. The third kappa shape index (κ3) is 4.47. The Morgan fingerprint density at radius 2 is 1.84 bits per heavy atom. The number of aliphatic carboxylic acids is 1. The smallest absolute Gasteiger partial charge is 0.323 e. The second kappa shape index (κ2) is 7.51. The van der Waals surface area contributed by atoms with Crippen molar-refractivity contribution in [2.45, 2.75) is 39.5 Å². The predicted molar refractivity (Wildman–Crippen MR) is 96.1 cm³/mol. The molecule has 0 radical (unpaired) electrons. The van der Waals surface area contributed by atoms with Gasteiger partial charge in [-0.05, 0) is 18.6 Å². The minimum absolute atomic E-state index is 0.295. The van der Waals surface area contributed by atoms with Gasteiger partial charge in [-0.3, -0.25) is 9.59 Å². The number of carboxylic acid groups (broad SMARTS) is 1. The number of amides is 1. The molecule has 2 rings (SSSR count). The fourth-order valence-electron chi connectivity index (χ4n) is 2.65. The number of carbonyl (C=O) groups is 2. The second-order valence-corrected chi connectivity index (χ2v) is 7.04. The van der Waals surface area contributed by atoms with Crippen LogP contribution in [0, 0.1) is 0 Å². The van der Waals surface area contributed by atoms with E-state index in [1.54, 1.807) is 10.9 Å². The zero-order valence-electron chi connectivity index (χ0n) is 15.2. The van der Waals surface area contributed by atoms with Gasteiger partial charge in [-0.2, -0.15) is 5.10 Å². The summed E-state index contributed by atoms with van der Waals surface area (Å²) in [6, 6.07) is 9.55. The highest BCUT2D eigenvalue weighted by atomic mass is 16.4. The number of hydrogen-bond donors (Lipinski definition) is 1. The third-order valence-corrected chi connectivity index (χ3v) is 3.78. The number of aromatic nitrogens is 2. The van der Waals surface area contributed by atoms with Crippen molar-refractivity contribution in [2.75, 3.05) is 13.1 Å². The standard InChI is InChI=1S/C19H25N3O3/c1-5-11-21(13-16(23)24)18(25)15-12-22(14-9-7-6-8-10-14)20-17(15)19(2,3)4/h6-10,12H,5,11,13H2,1-4H3,(H,23,24). The van der Waals surface area contributed by atoms with Gasteiger partial charge >= 0.3 is 5.97 Å². The fourth-order valence-corrected chi connectivity index (χ4v) is 2.65.